The van der Waals surface area contributed by atoms with Crippen molar-refractivity contribution in [2.24, 2.45) is 0 Å². The molecule has 1 N–H and O–H groups in total. The summed E-state index contributed by atoms with van der Waals surface area (Å²) in [5, 5.41) is 6.90. The largest absolute Gasteiger partial charge is 0.308 e. The second-order valence-corrected chi connectivity index (χ2v) is 6.41. The highest BCUT2D eigenvalue weighted by atomic mass is 16.2. The van der Waals surface area contributed by atoms with E-state index in [1.807, 2.05) is 46.8 Å². The van der Waals surface area contributed by atoms with Crippen LogP contribution in [0.5, 0.6) is 0 Å². The Bertz CT molecular complexity index is 667. The molecule has 0 radical (unpaired) electrons. The molecule has 0 aliphatic rings. The van der Waals surface area contributed by atoms with Crippen molar-refractivity contribution in [2.75, 3.05) is 11.9 Å². The number of aryl methyl sites for hydroxylation is 2. The summed E-state index contributed by atoms with van der Waals surface area (Å²) in [6.45, 7) is 10.1. The Hall–Kier alpha value is -2.17. The zero-order valence-electron chi connectivity index (χ0n) is 13.5. The maximum atomic E-state index is 12.5. The normalized spacial score (nSPS) is 11.5. The molecule has 1 aromatic heterocycles. The van der Waals surface area contributed by atoms with E-state index in [2.05, 4.69) is 21.2 Å². The topological polar surface area (TPSA) is 61.9 Å². The van der Waals surface area contributed by atoms with Gasteiger partial charge in [0.2, 0.25) is 5.82 Å². The van der Waals surface area contributed by atoms with E-state index in [0.717, 1.165) is 11.3 Å². The zero-order chi connectivity index (χ0) is 15.8. The molecule has 0 spiro atoms. The maximum absolute atomic E-state index is 12.5. The second kappa shape index (κ2) is 5.31. The van der Waals surface area contributed by atoms with Crippen LogP contribution in [0.3, 0.4) is 0 Å². The van der Waals surface area contributed by atoms with Crippen LogP contribution in [-0.2, 0) is 5.41 Å². The minimum absolute atomic E-state index is 0.163. The standard InChI is InChI=1S/C16H22N4O/c1-10-7-8-12(11(2)9-10)20(6)14(21)13-17-15(19-18-13)16(3,4)5/h7-9H,1-6H3,(H,17,18,19). The molecule has 2 aromatic rings. The summed E-state index contributed by atoms with van der Waals surface area (Å²) in [5.74, 6) is 0.691. The van der Waals surface area contributed by atoms with Crippen molar-refractivity contribution < 1.29 is 4.79 Å². The SMILES string of the molecule is Cc1ccc(N(C)C(=O)c2n[nH]c(C(C)(C)C)n2)c(C)c1. The summed E-state index contributed by atoms with van der Waals surface area (Å²) in [6, 6.07) is 5.99. The summed E-state index contributed by atoms with van der Waals surface area (Å²) >= 11 is 0. The molecule has 112 valence electrons. The van der Waals surface area contributed by atoms with Gasteiger partial charge in [-0.05, 0) is 25.5 Å². The van der Waals surface area contributed by atoms with Gasteiger partial charge in [0.15, 0.2) is 0 Å². The highest BCUT2D eigenvalue weighted by Crippen LogP contribution is 2.22. The molecule has 21 heavy (non-hydrogen) atoms. The number of aromatic amines is 1. The van der Waals surface area contributed by atoms with E-state index in [9.17, 15) is 4.79 Å². The molecule has 0 unspecified atom stereocenters. The van der Waals surface area contributed by atoms with Gasteiger partial charge < -0.3 is 4.90 Å². The van der Waals surface area contributed by atoms with Crippen LogP contribution in [-0.4, -0.2) is 28.1 Å². The van der Waals surface area contributed by atoms with Gasteiger partial charge in [0.05, 0.1) is 0 Å². The summed E-state index contributed by atoms with van der Waals surface area (Å²) in [4.78, 5) is 18.4. The molecule has 0 atom stereocenters. The molecule has 0 aliphatic carbocycles. The molecule has 1 aromatic carbocycles. The van der Waals surface area contributed by atoms with Gasteiger partial charge in [0.25, 0.3) is 5.91 Å². The van der Waals surface area contributed by atoms with E-state index in [4.69, 9.17) is 0 Å². The number of aromatic nitrogens is 3. The number of hydrogen-bond donors (Lipinski definition) is 1. The third-order valence-electron chi connectivity index (χ3n) is 3.41. The van der Waals surface area contributed by atoms with Gasteiger partial charge in [-0.2, -0.15) is 0 Å². The van der Waals surface area contributed by atoms with E-state index in [1.165, 1.54) is 5.56 Å². The first kappa shape index (κ1) is 15.2. The molecule has 0 saturated heterocycles. The lowest BCUT2D eigenvalue weighted by Crippen LogP contribution is -2.28. The van der Waals surface area contributed by atoms with Crippen LogP contribution in [0.25, 0.3) is 0 Å². The Morgan fingerprint density at radius 1 is 1.24 bits per heavy atom. The van der Waals surface area contributed by atoms with Crippen molar-refractivity contribution in [2.45, 2.75) is 40.0 Å². The van der Waals surface area contributed by atoms with Crippen LogP contribution in [0.2, 0.25) is 0 Å². The molecule has 2 rings (SSSR count). The van der Waals surface area contributed by atoms with Crippen molar-refractivity contribution >= 4 is 11.6 Å². The lowest BCUT2D eigenvalue weighted by molar-refractivity contribution is 0.0983. The number of carbonyl (C=O) groups excluding carboxylic acids is 1. The minimum atomic E-state index is -0.214. The van der Waals surface area contributed by atoms with Gasteiger partial charge in [0, 0.05) is 18.2 Å². The number of nitrogens with zero attached hydrogens (tertiary/aromatic N) is 3. The molecular weight excluding hydrogens is 264 g/mol. The smallest absolute Gasteiger partial charge is 0.297 e. The maximum Gasteiger partial charge on any atom is 0.297 e. The van der Waals surface area contributed by atoms with E-state index < -0.39 is 0 Å². The number of H-pyrrole nitrogens is 1. The Morgan fingerprint density at radius 2 is 1.90 bits per heavy atom. The molecular formula is C16H22N4O. The fourth-order valence-corrected chi connectivity index (χ4v) is 2.13. The molecule has 5 nitrogen and oxygen atoms in total. The monoisotopic (exact) mass is 286 g/mol. The summed E-state index contributed by atoms with van der Waals surface area (Å²) in [7, 11) is 1.74. The second-order valence-electron chi connectivity index (χ2n) is 6.41. The average Bonchev–Trinajstić information content (AvgIpc) is 2.86. The third kappa shape index (κ3) is 3.12. The van der Waals surface area contributed by atoms with Gasteiger partial charge in [-0.3, -0.25) is 9.89 Å². The zero-order valence-corrected chi connectivity index (χ0v) is 13.5. The van der Waals surface area contributed by atoms with Crippen LogP contribution >= 0.6 is 0 Å². The van der Waals surface area contributed by atoms with Crippen LogP contribution in [0.15, 0.2) is 18.2 Å². The highest BCUT2D eigenvalue weighted by Gasteiger charge is 2.24. The van der Waals surface area contributed by atoms with Crippen molar-refractivity contribution in [1.29, 1.82) is 0 Å². The number of nitrogens with one attached hydrogen (secondary N) is 1. The van der Waals surface area contributed by atoms with Crippen molar-refractivity contribution in [3.8, 4) is 0 Å². The van der Waals surface area contributed by atoms with E-state index >= 15 is 0 Å². The molecule has 1 amide bonds. The fourth-order valence-electron chi connectivity index (χ4n) is 2.13. The molecule has 0 aliphatic heterocycles. The van der Waals surface area contributed by atoms with Crippen molar-refractivity contribution in [3.63, 3.8) is 0 Å². The lowest BCUT2D eigenvalue weighted by atomic mass is 9.96. The Morgan fingerprint density at radius 3 is 2.43 bits per heavy atom. The quantitative estimate of drug-likeness (QED) is 0.923. The first-order valence-corrected chi connectivity index (χ1v) is 6.98. The fraction of sp³-hybridized carbons (Fsp3) is 0.438. The van der Waals surface area contributed by atoms with Crippen molar-refractivity contribution in [3.05, 3.63) is 41.0 Å². The van der Waals surface area contributed by atoms with Gasteiger partial charge in [-0.15, -0.1) is 5.10 Å². The first-order valence-electron chi connectivity index (χ1n) is 6.98. The van der Waals surface area contributed by atoms with Gasteiger partial charge in [-0.25, -0.2) is 4.98 Å². The van der Waals surface area contributed by atoms with Crippen LogP contribution in [0, 0.1) is 13.8 Å². The lowest BCUT2D eigenvalue weighted by Gasteiger charge is -2.18. The van der Waals surface area contributed by atoms with E-state index in [0.29, 0.717) is 5.82 Å². The number of anilines is 1. The van der Waals surface area contributed by atoms with Crippen LogP contribution in [0.1, 0.15) is 48.3 Å². The predicted octanol–water partition coefficient (Wildman–Crippen LogP) is 3.00. The van der Waals surface area contributed by atoms with E-state index in [1.54, 1.807) is 11.9 Å². The van der Waals surface area contributed by atoms with Gasteiger partial charge in [0.1, 0.15) is 5.82 Å². The van der Waals surface area contributed by atoms with Crippen LogP contribution < -0.4 is 4.90 Å². The van der Waals surface area contributed by atoms with Crippen molar-refractivity contribution in [1.82, 2.24) is 15.2 Å². The third-order valence-corrected chi connectivity index (χ3v) is 3.41. The number of amides is 1. The number of rotatable bonds is 2. The molecule has 1 heterocycles. The Labute approximate surface area is 125 Å². The van der Waals surface area contributed by atoms with Gasteiger partial charge >= 0.3 is 0 Å². The average molecular weight is 286 g/mol. The Balaban J connectivity index is 2.29. The summed E-state index contributed by atoms with van der Waals surface area (Å²) in [6.07, 6.45) is 0. The summed E-state index contributed by atoms with van der Waals surface area (Å²) in [5.41, 5.74) is 2.93. The van der Waals surface area contributed by atoms with Crippen LogP contribution in [0.4, 0.5) is 5.69 Å². The summed E-state index contributed by atoms with van der Waals surface area (Å²) < 4.78 is 0. The number of carbonyl (C=O) groups is 1. The highest BCUT2D eigenvalue weighted by molar-refractivity contribution is 6.03. The van der Waals surface area contributed by atoms with Gasteiger partial charge in [-0.1, -0.05) is 38.5 Å². The Kier molecular flexibility index (Phi) is 3.85. The molecule has 5 heteroatoms. The number of hydrogen-bond acceptors (Lipinski definition) is 3. The predicted molar refractivity (Wildman–Crippen MR) is 83.7 cm³/mol. The molecule has 0 bridgehead atoms. The minimum Gasteiger partial charge on any atom is -0.308 e. The van der Waals surface area contributed by atoms with E-state index in [-0.39, 0.29) is 17.1 Å². The molecule has 0 saturated carbocycles. The first-order chi connectivity index (χ1) is 9.70. The molecule has 0 fully saturated rings. The number of benzene rings is 1.